The Labute approximate surface area is 157 Å². The van der Waals surface area contributed by atoms with Crippen LogP contribution < -0.4 is 4.90 Å². The summed E-state index contributed by atoms with van der Waals surface area (Å²) in [5.41, 5.74) is 2.77. The molecule has 0 saturated carbocycles. The quantitative estimate of drug-likeness (QED) is 0.685. The Morgan fingerprint density at radius 3 is 2.69 bits per heavy atom. The van der Waals surface area contributed by atoms with Crippen LogP contribution in [0.5, 0.6) is 0 Å². The minimum atomic E-state index is -2.95. The summed E-state index contributed by atoms with van der Waals surface area (Å²) < 4.78 is 24.9. The predicted octanol–water partition coefficient (Wildman–Crippen LogP) is 2.77. The van der Waals surface area contributed by atoms with Gasteiger partial charge in [-0.25, -0.2) is 18.4 Å². The first-order valence-corrected chi connectivity index (χ1v) is 10.8. The molecule has 4 rings (SSSR count). The van der Waals surface area contributed by atoms with E-state index in [-0.39, 0.29) is 11.7 Å². The van der Waals surface area contributed by atoms with Crippen molar-refractivity contribution < 1.29 is 8.42 Å². The van der Waals surface area contributed by atoms with E-state index >= 15 is 0 Å². The number of aryl methyl sites for hydroxylation is 1. The molecule has 26 heavy (non-hydrogen) atoms. The maximum atomic E-state index is 11.4. The molecule has 0 aliphatic carbocycles. The first-order valence-electron chi connectivity index (χ1n) is 8.32. The number of anilines is 1. The van der Waals surface area contributed by atoms with Crippen LogP contribution in [0.15, 0.2) is 36.5 Å². The van der Waals surface area contributed by atoms with Crippen LogP contribution in [-0.2, 0) is 16.9 Å². The third-order valence-corrected chi connectivity index (χ3v) is 6.07. The van der Waals surface area contributed by atoms with Gasteiger partial charge in [-0.05, 0) is 18.2 Å². The topological polar surface area (TPSA) is 68.1 Å². The van der Waals surface area contributed by atoms with Crippen LogP contribution in [-0.4, -0.2) is 48.1 Å². The van der Waals surface area contributed by atoms with Crippen molar-refractivity contribution in [1.29, 1.82) is 0 Å². The summed E-state index contributed by atoms with van der Waals surface area (Å²) in [6, 6.07) is 9.86. The molecule has 2 aromatic heterocycles. The van der Waals surface area contributed by atoms with E-state index in [0.29, 0.717) is 18.1 Å². The summed E-state index contributed by atoms with van der Waals surface area (Å²) in [5, 5.41) is 0.542. The van der Waals surface area contributed by atoms with E-state index in [0.717, 1.165) is 28.2 Å². The maximum Gasteiger partial charge on any atom is 0.147 e. The molecule has 6 nitrogen and oxygen atoms in total. The van der Waals surface area contributed by atoms with Crippen molar-refractivity contribution in [2.45, 2.75) is 0 Å². The zero-order valence-electron chi connectivity index (χ0n) is 14.6. The van der Waals surface area contributed by atoms with Crippen LogP contribution >= 0.6 is 11.6 Å². The molecule has 136 valence electrons. The largest absolute Gasteiger partial charge is 0.356 e. The number of pyridine rings is 1. The third-order valence-electron chi connectivity index (χ3n) is 4.69. The van der Waals surface area contributed by atoms with Crippen molar-refractivity contribution in [3.8, 4) is 11.4 Å². The molecular formula is C18H19ClN4O2S. The summed E-state index contributed by atoms with van der Waals surface area (Å²) in [6.07, 6.45) is 2.91. The van der Waals surface area contributed by atoms with E-state index in [2.05, 4.69) is 9.88 Å². The number of benzene rings is 1. The maximum absolute atomic E-state index is 11.4. The summed E-state index contributed by atoms with van der Waals surface area (Å²) in [4.78, 5) is 11.2. The summed E-state index contributed by atoms with van der Waals surface area (Å²) in [6.45, 7) is 1.37. The number of imidazole rings is 1. The number of hydrogen-bond donors (Lipinski definition) is 0. The average Bonchev–Trinajstić information content (AvgIpc) is 2.88. The van der Waals surface area contributed by atoms with Crippen molar-refractivity contribution in [3.63, 3.8) is 0 Å². The van der Waals surface area contributed by atoms with Crippen LogP contribution in [0.25, 0.3) is 22.4 Å². The van der Waals surface area contributed by atoms with E-state index in [1.54, 1.807) is 6.20 Å². The molecule has 3 heterocycles. The van der Waals surface area contributed by atoms with Crippen molar-refractivity contribution in [3.05, 3.63) is 41.6 Å². The highest BCUT2D eigenvalue weighted by Crippen LogP contribution is 2.33. The Balaban J connectivity index is 1.64. The molecule has 1 saturated heterocycles. The second-order valence-corrected chi connectivity index (χ2v) is 9.46. The van der Waals surface area contributed by atoms with Crippen LogP contribution in [0.3, 0.4) is 0 Å². The molecule has 0 spiro atoms. The van der Waals surface area contributed by atoms with E-state index < -0.39 is 9.84 Å². The van der Waals surface area contributed by atoms with Gasteiger partial charge in [0.15, 0.2) is 0 Å². The van der Waals surface area contributed by atoms with Crippen LogP contribution in [0, 0.1) is 5.92 Å². The highest BCUT2D eigenvalue weighted by Gasteiger charge is 2.31. The molecule has 1 aliphatic heterocycles. The lowest BCUT2D eigenvalue weighted by Crippen LogP contribution is -2.49. The van der Waals surface area contributed by atoms with Crippen molar-refractivity contribution >= 4 is 38.3 Å². The Bertz CT molecular complexity index is 1090. The van der Waals surface area contributed by atoms with Gasteiger partial charge in [-0.15, -0.1) is 0 Å². The SMILES string of the molecule is Cn1c(-c2cc(N3CC(CS(C)(=O)=O)C3)ncc2Cl)nc2ccccc21. The average molecular weight is 391 g/mol. The number of para-hydroxylation sites is 2. The zero-order valence-corrected chi connectivity index (χ0v) is 16.1. The van der Waals surface area contributed by atoms with E-state index in [9.17, 15) is 8.42 Å². The molecular weight excluding hydrogens is 372 g/mol. The number of rotatable bonds is 4. The molecule has 0 N–H and O–H groups in total. The van der Waals surface area contributed by atoms with E-state index in [1.807, 2.05) is 41.9 Å². The molecule has 1 aliphatic rings. The van der Waals surface area contributed by atoms with Gasteiger partial charge in [-0.1, -0.05) is 23.7 Å². The fourth-order valence-corrected chi connectivity index (χ4v) is 4.70. The van der Waals surface area contributed by atoms with Crippen molar-refractivity contribution in [2.75, 3.05) is 30.0 Å². The van der Waals surface area contributed by atoms with E-state index in [4.69, 9.17) is 16.6 Å². The third kappa shape index (κ3) is 3.17. The molecule has 1 aromatic carbocycles. The van der Waals surface area contributed by atoms with Crippen LogP contribution in [0.1, 0.15) is 0 Å². The summed E-state index contributed by atoms with van der Waals surface area (Å²) in [5.74, 6) is 1.95. The molecule has 0 bridgehead atoms. The Hall–Kier alpha value is -2.12. The lowest BCUT2D eigenvalue weighted by molar-refractivity contribution is 0.441. The summed E-state index contributed by atoms with van der Waals surface area (Å²) in [7, 11) is -0.985. The molecule has 8 heteroatoms. The van der Waals surface area contributed by atoms with E-state index in [1.165, 1.54) is 6.26 Å². The van der Waals surface area contributed by atoms with Gasteiger partial charge in [0.1, 0.15) is 21.5 Å². The number of aromatic nitrogens is 3. The van der Waals surface area contributed by atoms with Crippen LogP contribution in [0.2, 0.25) is 5.02 Å². The first kappa shape index (κ1) is 17.3. The lowest BCUT2D eigenvalue weighted by atomic mass is 10.0. The Morgan fingerprint density at radius 2 is 2.00 bits per heavy atom. The second kappa shape index (κ2) is 6.25. The van der Waals surface area contributed by atoms with Crippen LogP contribution in [0.4, 0.5) is 5.82 Å². The molecule has 3 aromatic rings. The van der Waals surface area contributed by atoms with Gasteiger partial charge in [-0.3, -0.25) is 0 Å². The number of halogens is 1. The molecule has 0 radical (unpaired) electrons. The molecule has 0 unspecified atom stereocenters. The molecule has 0 atom stereocenters. The lowest BCUT2D eigenvalue weighted by Gasteiger charge is -2.40. The minimum Gasteiger partial charge on any atom is -0.356 e. The smallest absolute Gasteiger partial charge is 0.147 e. The highest BCUT2D eigenvalue weighted by molar-refractivity contribution is 7.90. The normalized spacial score (nSPS) is 15.4. The number of nitrogens with zero attached hydrogens (tertiary/aromatic N) is 4. The fraction of sp³-hybridized carbons (Fsp3) is 0.333. The first-order chi connectivity index (χ1) is 12.3. The standard InChI is InChI=1S/C18H19ClN4O2S/c1-22-16-6-4-3-5-15(16)21-18(22)13-7-17(20-8-14(13)19)23-9-12(10-23)11-26(2,24)25/h3-8,12H,9-11H2,1-2H3. The van der Waals surface area contributed by atoms with Gasteiger partial charge in [-0.2, -0.15) is 0 Å². The fourth-order valence-electron chi connectivity index (χ4n) is 3.45. The summed E-state index contributed by atoms with van der Waals surface area (Å²) >= 11 is 6.40. The van der Waals surface area contributed by atoms with Gasteiger partial charge in [0.2, 0.25) is 0 Å². The Morgan fingerprint density at radius 1 is 1.27 bits per heavy atom. The number of sulfone groups is 1. The van der Waals surface area contributed by atoms with Gasteiger partial charge < -0.3 is 9.47 Å². The number of hydrogen-bond acceptors (Lipinski definition) is 5. The van der Waals surface area contributed by atoms with Gasteiger partial charge in [0, 0.05) is 44.1 Å². The van der Waals surface area contributed by atoms with Gasteiger partial charge >= 0.3 is 0 Å². The Kier molecular flexibility index (Phi) is 4.16. The highest BCUT2D eigenvalue weighted by atomic mass is 35.5. The zero-order chi connectivity index (χ0) is 18.5. The minimum absolute atomic E-state index is 0.154. The molecule has 0 amide bonds. The number of fused-ring (bicyclic) bond motifs is 1. The van der Waals surface area contributed by atoms with Gasteiger partial charge in [0.05, 0.1) is 21.8 Å². The monoisotopic (exact) mass is 390 g/mol. The predicted molar refractivity (Wildman–Crippen MR) is 104 cm³/mol. The van der Waals surface area contributed by atoms with Crippen molar-refractivity contribution in [1.82, 2.24) is 14.5 Å². The van der Waals surface area contributed by atoms with Gasteiger partial charge in [0.25, 0.3) is 0 Å². The molecule has 1 fully saturated rings. The van der Waals surface area contributed by atoms with Crippen molar-refractivity contribution in [2.24, 2.45) is 13.0 Å². The second-order valence-electron chi connectivity index (χ2n) is 6.87.